The lowest BCUT2D eigenvalue weighted by atomic mass is 9.89. The van der Waals surface area contributed by atoms with Crippen molar-refractivity contribution in [1.29, 1.82) is 0 Å². The zero-order valence-corrected chi connectivity index (χ0v) is 12.5. The quantitative estimate of drug-likeness (QED) is 0.874. The molecule has 2 rings (SSSR count). The van der Waals surface area contributed by atoms with E-state index < -0.39 is 26.7 Å². The first-order valence-electron chi connectivity index (χ1n) is 6.76. The second-order valence-corrected chi connectivity index (χ2v) is 7.53. The van der Waals surface area contributed by atoms with Crippen LogP contribution < -0.4 is 4.72 Å². The van der Waals surface area contributed by atoms with Crippen LogP contribution in [0.5, 0.6) is 0 Å². The molecule has 1 aliphatic carbocycles. The summed E-state index contributed by atoms with van der Waals surface area (Å²) in [4.78, 5) is 10.2. The van der Waals surface area contributed by atoms with Gasteiger partial charge in [0, 0.05) is 6.54 Å². The molecular weight excluding hydrogens is 297 g/mol. The molecule has 1 aromatic rings. The number of carboxylic acids is 1. The minimum absolute atomic E-state index is 0.0927. The van der Waals surface area contributed by atoms with Crippen molar-refractivity contribution in [2.45, 2.75) is 37.5 Å². The van der Waals surface area contributed by atoms with Crippen molar-refractivity contribution < 1.29 is 22.7 Å². The number of hydrogen-bond donors (Lipinski definition) is 2. The Balaban J connectivity index is 2.17. The number of carboxylic acid groups (broad SMARTS) is 1. The number of halogens is 1. The highest BCUT2D eigenvalue weighted by molar-refractivity contribution is 7.89. The molecule has 116 valence electrons. The SMILES string of the molecule is CC1(CNS(=O)(=O)c2ccc(C(=O)O)cc2F)CCCC1. The van der Waals surface area contributed by atoms with Gasteiger partial charge in [-0.3, -0.25) is 0 Å². The number of hydrogen-bond acceptors (Lipinski definition) is 3. The van der Waals surface area contributed by atoms with E-state index >= 15 is 0 Å². The molecule has 0 atom stereocenters. The lowest BCUT2D eigenvalue weighted by Gasteiger charge is -2.23. The van der Waals surface area contributed by atoms with Crippen LogP contribution in [0, 0.1) is 11.2 Å². The summed E-state index contributed by atoms with van der Waals surface area (Å²) in [6.07, 6.45) is 4.02. The Morgan fingerprint density at radius 1 is 1.38 bits per heavy atom. The second-order valence-electron chi connectivity index (χ2n) is 5.79. The summed E-state index contributed by atoms with van der Waals surface area (Å²) in [5.41, 5.74) is -0.376. The fraction of sp³-hybridized carbons (Fsp3) is 0.500. The highest BCUT2D eigenvalue weighted by atomic mass is 32.2. The average Bonchev–Trinajstić information content (AvgIpc) is 2.84. The van der Waals surface area contributed by atoms with Crippen LogP contribution in [0.2, 0.25) is 0 Å². The van der Waals surface area contributed by atoms with Crippen molar-refractivity contribution in [3.05, 3.63) is 29.6 Å². The molecule has 2 N–H and O–H groups in total. The van der Waals surface area contributed by atoms with E-state index in [4.69, 9.17) is 5.11 Å². The van der Waals surface area contributed by atoms with Crippen LogP contribution in [0.4, 0.5) is 4.39 Å². The van der Waals surface area contributed by atoms with Gasteiger partial charge >= 0.3 is 5.97 Å². The van der Waals surface area contributed by atoms with Gasteiger partial charge in [-0.1, -0.05) is 19.8 Å². The van der Waals surface area contributed by atoms with Gasteiger partial charge in [0.15, 0.2) is 0 Å². The highest BCUT2D eigenvalue weighted by Gasteiger charge is 2.31. The third kappa shape index (κ3) is 3.59. The maximum Gasteiger partial charge on any atom is 0.335 e. The van der Waals surface area contributed by atoms with E-state index in [0.29, 0.717) is 6.07 Å². The smallest absolute Gasteiger partial charge is 0.335 e. The van der Waals surface area contributed by atoms with Crippen molar-refractivity contribution in [3.8, 4) is 0 Å². The third-order valence-electron chi connectivity index (χ3n) is 3.97. The fourth-order valence-electron chi connectivity index (χ4n) is 2.60. The van der Waals surface area contributed by atoms with Crippen LogP contribution in [0.1, 0.15) is 43.0 Å². The van der Waals surface area contributed by atoms with E-state index in [2.05, 4.69) is 4.72 Å². The number of aromatic carboxylic acids is 1. The number of carbonyl (C=O) groups is 1. The van der Waals surface area contributed by atoms with Gasteiger partial charge in [0.25, 0.3) is 0 Å². The zero-order valence-electron chi connectivity index (χ0n) is 11.7. The molecule has 1 fully saturated rings. The summed E-state index contributed by atoms with van der Waals surface area (Å²) in [6, 6.07) is 2.78. The molecule has 5 nitrogen and oxygen atoms in total. The third-order valence-corrected chi connectivity index (χ3v) is 5.40. The molecule has 0 spiro atoms. The van der Waals surface area contributed by atoms with Gasteiger partial charge in [-0.05, 0) is 36.5 Å². The predicted octanol–water partition coefficient (Wildman–Crippen LogP) is 2.38. The van der Waals surface area contributed by atoms with Crippen LogP contribution in [0.3, 0.4) is 0 Å². The van der Waals surface area contributed by atoms with Gasteiger partial charge in [0.1, 0.15) is 10.7 Å². The monoisotopic (exact) mass is 315 g/mol. The van der Waals surface area contributed by atoms with Crippen LogP contribution in [-0.4, -0.2) is 26.0 Å². The van der Waals surface area contributed by atoms with E-state index in [0.717, 1.165) is 37.8 Å². The van der Waals surface area contributed by atoms with E-state index in [1.54, 1.807) is 0 Å². The molecular formula is C14H18FNO4S. The normalized spacial score (nSPS) is 17.8. The van der Waals surface area contributed by atoms with Crippen LogP contribution in [-0.2, 0) is 10.0 Å². The number of sulfonamides is 1. The Kier molecular flexibility index (Phi) is 4.34. The van der Waals surface area contributed by atoms with Gasteiger partial charge in [-0.2, -0.15) is 0 Å². The molecule has 1 aromatic carbocycles. The Labute approximate surface area is 123 Å². The summed E-state index contributed by atoms with van der Waals surface area (Å²) in [7, 11) is -3.98. The summed E-state index contributed by atoms with van der Waals surface area (Å²) < 4.78 is 40.5. The molecule has 1 saturated carbocycles. The van der Waals surface area contributed by atoms with Crippen molar-refractivity contribution in [2.24, 2.45) is 5.41 Å². The van der Waals surface area contributed by atoms with Crippen molar-refractivity contribution in [1.82, 2.24) is 4.72 Å². The minimum Gasteiger partial charge on any atom is -0.478 e. The van der Waals surface area contributed by atoms with Crippen LogP contribution in [0.25, 0.3) is 0 Å². The number of benzene rings is 1. The van der Waals surface area contributed by atoms with E-state index in [1.165, 1.54) is 0 Å². The fourth-order valence-corrected chi connectivity index (χ4v) is 3.86. The largest absolute Gasteiger partial charge is 0.478 e. The summed E-state index contributed by atoms with van der Waals surface area (Å²) in [5, 5.41) is 8.75. The molecule has 0 bridgehead atoms. The first kappa shape index (κ1) is 15.9. The van der Waals surface area contributed by atoms with Gasteiger partial charge in [-0.25, -0.2) is 22.3 Å². The number of nitrogens with one attached hydrogen (secondary N) is 1. The van der Waals surface area contributed by atoms with Crippen LogP contribution in [0.15, 0.2) is 23.1 Å². The predicted molar refractivity (Wildman–Crippen MR) is 75.1 cm³/mol. The number of rotatable bonds is 5. The average molecular weight is 315 g/mol. The molecule has 0 heterocycles. The van der Waals surface area contributed by atoms with Crippen LogP contribution >= 0.6 is 0 Å². The summed E-state index contributed by atoms with van der Waals surface area (Å²) >= 11 is 0. The van der Waals surface area contributed by atoms with Gasteiger partial charge in [-0.15, -0.1) is 0 Å². The van der Waals surface area contributed by atoms with E-state index in [9.17, 15) is 17.6 Å². The molecule has 0 saturated heterocycles. The summed E-state index contributed by atoms with van der Waals surface area (Å²) in [5.74, 6) is -2.36. The standard InChI is InChI=1S/C14H18FNO4S/c1-14(6-2-3-7-14)9-16-21(19,20)12-5-4-10(13(17)18)8-11(12)15/h4-5,8,16H,2-3,6-7,9H2,1H3,(H,17,18). The van der Waals surface area contributed by atoms with Crippen molar-refractivity contribution in [3.63, 3.8) is 0 Å². The van der Waals surface area contributed by atoms with Gasteiger partial charge in [0.05, 0.1) is 5.56 Å². The molecule has 1 aliphatic rings. The lowest BCUT2D eigenvalue weighted by molar-refractivity contribution is 0.0696. The molecule has 0 amide bonds. The highest BCUT2D eigenvalue weighted by Crippen LogP contribution is 2.37. The van der Waals surface area contributed by atoms with Gasteiger partial charge in [0.2, 0.25) is 10.0 Å². The maximum absolute atomic E-state index is 13.8. The van der Waals surface area contributed by atoms with Crippen molar-refractivity contribution in [2.75, 3.05) is 6.54 Å². The summed E-state index contributed by atoms with van der Waals surface area (Å²) in [6.45, 7) is 2.27. The van der Waals surface area contributed by atoms with E-state index in [1.807, 2.05) is 6.92 Å². The second kappa shape index (κ2) is 5.73. The Bertz CT molecular complexity index is 651. The maximum atomic E-state index is 13.8. The molecule has 0 aliphatic heterocycles. The van der Waals surface area contributed by atoms with E-state index in [-0.39, 0.29) is 17.5 Å². The minimum atomic E-state index is -3.98. The lowest BCUT2D eigenvalue weighted by Crippen LogP contribution is -2.34. The topological polar surface area (TPSA) is 83.5 Å². The molecule has 0 aromatic heterocycles. The molecule has 0 unspecified atom stereocenters. The van der Waals surface area contributed by atoms with Crippen molar-refractivity contribution >= 4 is 16.0 Å². The molecule has 0 radical (unpaired) electrons. The first-order valence-corrected chi connectivity index (χ1v) is 8.24. The van der Waals surface area contributed by atoms with Gasteiger partial charge < -0.3 is 5.11 Å². The molecule has 7 heteroatoms. The molecule has 21 heavy (non-hydrogen) atoms. The Morgan fingerprint density at radius 2 is 2.00 bits per heavy atom. The first-order chi connectivity index (χ1) is 9.73. The Morgan fingerprint density at radius 3 is 2.52 bits per heavy atom. The Hall–Kier alpha value is -1.47. The zero-order chi connectivity index (χ0) is 15.7.